The molecule has 1 aromatic carbocycles. The van der Waals surface area contributed by atoms with E-state index in [-0.39, 0.29) is 11.9 Å². The summed E-state index contributed by atoms with van der Waals surface area (Å²) in [5.41, 5.74) is 1.18. The average molecular weight is 305 g/mol. The van der Waals surface area contributed by atoms with Crippen molar-refractivity contribution < 1.29 is 14.3 Å². The predicted octanol–water partition coefficient (Wildman–Crippen LogP) is 3.04. The molecule has 4 nitrogen and oxygen atoms in total. The molecule has 1 heterocycles. The lowest BCUT2D eigenvalue weighted by molar-refractivity contribution is -0.149. The van der Waals surface area contributed by atoms with Crippen molar-refractivity contribution in [3.8, 4) is 5.75 Å². The first-order chi connectivity index (χ1) is 10.7. The number of piperidine rings is 1. The summed E-state index contributed by atoms with van der Waals surface area (Å²) in [6.45, 7) is 8.14. The number of rotatable bonds is 7. The molecule has 4 heteroatoms. The number of ether oxygens (including phenoxy) is 2. The van der Waals surface area contributed by atoms with Gasteiger partial charge in [0.1, 0.15) is 5.75 Å². The number of carbonyl (C=O) groups is 1. The van der Waals surface area contributed by atoms with Crippen LogP contribution >= 0.6 is 0 Å². The van der Waals surface area contributed by atoms with E-state index >= 15 is 0 Å². The van der Waals surface area contributed by atoms with Crippen LogP contribution in [0.15, 0.2) is 24.3 Å². The lowest BCUT2D eigenvalue weighted by atomic mass is 9.97. The molecule has 0 bridgehead atoms. The van der Waals surface area contributed by atoms with Crippen LogP contribution in [0.4, 0.5) is 0 Å². The fourth-order valence-corrected chi connectivity index (χ4v) is 2.84. The molecule has 0 spiro atoms. The molecule has 2 rings (SSSR count). The van der Waals surface area contributed by atoms with Gasteiger partial charge in [0.25, 0.3) is 0 Å². The van der Waals surface area contributed by atoms with Crippen molar-refractivity contribution in [3.63, 3.8) is 0 Å². The third kappa shape index (κ3) is 5.02. The van der Waals surface area contributed by atoms with Gasteiger partial charge in [-0.25, -0.2) is 0 Å². The second kappa shape index (κ2) is 8.79. The van der Waals surface area contributed by atoms with Crippen LogP contribution in [-0.2, 0) is 9.53 Å². The van der Waals surface area contributed by atoms with Crippen molar-refractivity contribution in [1.29, 1.82) is 0 Å². The zero-order valence-electron chi connectivity index (χ0n) is 13.7. The first-order valence-corrected chi connectivity index (χ1v) is 8.28. The van der Waals surface area contributed by atoms with E-state index in [2.05, 4.69) is 17.9 Å². The Hall–Kier alpha value is -1.55. The Balaban J connectivity index is 1.61. The normalized spacial score (nSPS) is 16.5. The highest BCUT2D eigenvalue weighted by Crippen LogP contribution is 2.19. The third-order valence-electron chi connectivity index (χ3n) is 4.18. The highest BCUT2D eigenvalue weighted by Gasteiger charge is 2.25. The van der Waals surface area contributed by atoms with Gasteiger partial charge in [-0.3, -0.25) is 4.79 Å². The van der Waals surface area contributed by atoms with Gasteiger partial charge in [-0.1, -0.05) is 18.2 Å². The minimum atomic E-state index is -0.0231. The maximum Gasteiger partial charge on any atom is 0.309 e. The van der Waals surface area contributed by atoms with E-state index in [0.29, 0.717) is 6.61 Å². The van der Waals surface area contributed by atoms with Crippen LogP contribution in [0.3, 0.4) is 0 Å². The summed E-state index contributed by atoms with van der Waals surface area (Å²) in [4.78, 5) is 14.1. The van der Waals surface area contributed by atoms with E-state index in [9.17, 15) is 4.79 Å². The van der Waals surface area contributed by atoms with Gasteiger partial charge in [0.2, 0.25) is 0 Å². The Morgan fingerprint density at radius 3 is 2.68 bits per heavy atom. The van der Waals surface area contributed by atoms with Crippen LogP contribution < -0.4 is 4.74 Å². The molecule has 1 saturated heterocycles. The Labute approximate surface area is 133 Å². The summed E-state index contributed by atoms with van der Waals surface area (Å²) in [5, 5.41) is 0. The standard InChI is InChI=1S/C18H27NO3/c1-3-21-18(20)16-9-12-19(13-10-16)11-6-14-22-17-8-5-4-7-15(17)2/h4-5,7-8,16H,3,6,9-14H2,1-2H3. The van der Waals surface area contributed by atoms with Crippen LogP contribution in [0.5, 0.6) is 5.75 Å². The van der Waals surface area contributed by atoms with Gasteiger partial charge in [0, 0.05) is 6.54 Å². The van der Waals surface area contributed by atoms with E-state index in [4.69, 9.17) is 9.47 Å². The molecule has 1 aliphatic rings. The largest absolute Gasteiger partial charge is 0.493 e. The van der Waals surface area contributed by atoms with Crippen LogP contribution in [0.2, 0.25) is 0 Å². The second-order valence-corrected chi connectivity index (χ2v) is 5.84. The maximum absolute atomic E-state index is 11.7. The quantitative estimate of drug-likeness (QED) is 0.573. The Morgan fingerprint density at radius 2 is 2.00 bits per heavy atom. The minimum Gasteiger partial charge on any atom is -0.493 e. The molecule has 0 amide bonds. The van der Waals surface area contributed by atoms with E-state index in [1.54, 1.807) is 0 Å². The lowest BCUT2D eigenvalue weighted by Crippen LogP contribution is -2.37. The van der Waals surface area contributed by atoms with Crippen LogP contribution in [0.1, 0.15) is 31.7 Å². The predicted molar refractivity (Wildman–Crippen MR) is 87.1 cm³/mol. The molecule has 0 saturated carbocycles. The molecule has 1 fully saturated rings. The fourth-order valence-electron chi connectivity index (χ4n) is 2.84. The van der Waals surface area contributed by atoms with Gasteiger partial charge < -0.3 is 14.4 Å². The van der Waals surface area contributed by atoms with Gasteiger partial charge in [0.15, 0.2) is 0 Å². The van der Waals surface area contributed by atoms with Crippen LogP contribution in [0.25, 0.3) is 0 Å². The minimum absolute atomic E-state index is 0.0231. The molecule has 1 aromatic rings. The summed E-state index contributed by atoms with van der Waals surface area (Å²) in [7, 11) is 0. The number of hydrogen-bond donors (Lipinski definition) is 0. The third-order valence-corrected chi connectivity index (χ3v) is 4.18. The van der Waals surface area contributed by atoms with Crippen molar-refractivity contribution in [3.05, 3.63) is 29.8 Å². The number of likely N-dealkylation sites (tertiary alicyclic amines) is 1. The summed E-state index contributed by atoms with van der Waals surface area (Å²) in [6, 6.07) is 8.11. The van der Waals surface area contributed by atoms with Gasteiger partial charge >= 0.3 is 5.97 Å². The topological polar surface area (TPSA) is 38.8 Å². The van der Waals surface area contributed by atoms with E-state index in [1.165, 1.54) is 5.56 Å². The Bertz CT molecular complexity index is 467. The SMILES string of the molecule is CCOC(=O)C1CCN(CCCOc2ccccc2C)CC1. The van der Waals surface area contributed by atoms with Gasteiger partial charge in [0.05, 0.1) is 19.1 Å². The van der Waals surface area contributed by atoms with E-state index < -0.39 is 0 Å². The van der Waals surface area contributed by atoms with Crippen molar-refractivity contribution in [2.24, 2.45) is 5.92 Å². The van der Waals surface area contributed by atoms with Crippen molar-refractivity contribution >= 4 is 5.97 Å². The molecule has 0 N–H and O–H groups in total. The Kier molecular flexibility index (Phi) is 6.72. The molecule has 0 aromatic heterocycles. The number of hydrogen-bond acceptors (Lipinski definition) is 4. The monoisotopic (exact) mass is 305 g/mol. The molecule has 0 atom stereocenters. The van der Waals surface area contributed by atoms with Gasteiger partial charge in [-0.05, 0) is 57.8 Å². The second-order valence-electron chi connectivity index (χ2n) is 5.84. The Morgan fingerprint density at radius 1 is 1.27 bits per heavy atom. The summed E-state index contributed by atoms with van der Waals surface area (Å²) in [6.07, 6.45) is 2.84. The summed E-state index contributed by atoms with van der Waals surface area (Å²) in [5.74, 6) is 1.05. The first kappa shape index (κ1) is 16.8. The molecular weight excluding hydrogens is 278 g/mol. The number of para-hydroxylation sites is 1. The number of esters is 1. The average Bonchev–Trinajstić information content (AvgIpc) is 2.54. The highest BCUT2D eigenvalue weighted by atomic mass is 16.5. The number of nitrogens with zero attached hydrogens (tertiary/aromatic N) is 1. The van der Waals surface area contributed by atoms with Crippen molar-refractivity contribution in [1.82, 2.24) is 4.90 Å². The lowest BCUT2D eigenvalue weighted by Gasteiger charge is -2.30. The summed E-state index contributed by atoms with van der Waals surface area (Å²) >= 11 is 0. The van der Waals surface area contributed by atoms with Crippen LogP contribution in [-0.4, -0.2) is 43.7 Å². The maximum atomic E-state index is 11.7. The van der Waals surface area contributed by atoms with Gasteiger partial charge in [-0.2, -0.15) is 0 Å². The molecule has 1 aliphatic heterocycles. The van der Waals surface area contributed by atoms with Crippen molar-refractivity contribution in [2.75, 3.05) is 32.8 Å². The fraction of sp³-hybridized carbons (Fsp3) is 0.611. The highest BCUT2D eigenvalue weighted by molar-refractivity contribution is 5.72. The molecule has 0 aliphatic carbocycles. The molecule has 22 heavy (non-hydrogen) atoms. The molecule has 122 valence electrons. The summed E-state index contributed by atoms with van der Waals surface area (Å²) < 4.78 is 10.9. The smallest absolute Gasteiger partial charge is 0.309 e. The number of benzene rings is 1. The number of aryl methyl sites for hydroxylation is 1. The molecular formula is C18H27NO3. The van der Waals surface area contributed by atoms with Crippen LogP contribution in [0, 0.1) is 12.8 Å². The van der Waals surface area contributed by atoms with E-state index in [1.807, 2.05) is 25.1 Å². The van der Waals surface area contributed by atoms with Crippen molar-refractivity contribution in [2.45, 2.75) is 33.1 Å². The van der Waals surface area contributed by atoms with E-state index in [0.717, 1.165) is 51.3 Å². The zero-order valence-corrected chi connectivity index (χ0v) is 13.7. The number of carbonyl (C=O) groups excluding carboxylic acids is 1. The zero-order chi connectivity index (χ0) is 15.8. The molecule has 0 unspecified atom stereocenters. The first-order valence-electron chi connectivity index (χ1n) is 8.28. The van der Waals surface area contributed by atoms with Gasteiger partial charge in [-0.15, -0.1) is 0 Å². The molecule has 0 radical (unpaired) electrons.